The van der Waals surface area contributed by atoms with Gasteiger partial charge >= 0.3 is 0 Å². The van der Waals surface area contributed by atoms with Crippen LogP contribution in [-0.4, -0.2) is 24.2 Å². The summed E-state index contributed by atoms with van der Waals surface area (Å²) in [5, 5.41) is 0.683. The molecule has 0 aliphatic carbocycles. The molecule has 106 valence electrons. The molecule has 1 aromatic carbocycles. The Bertz CT molecular complexity index is 592. The fourth-order valence-corrected chi connectivity index (χ4v) is 2.10. The summed E-state index contributed by atoms with van der Waals surface area (Å²) in [6.45, 7) is 0. The van der Waals surface area contributed by atoms with Crippen molar-refractivity contribution in [2.75, 3.05) is 14.2 Å². The first kappa shape index (κ1) is 14.6. The third kappa shape index (κ3) is 3.37. The molecule has 5 nitrogen and oxygen atoms in total. The second kappa shape index (κ2) is 6.54. The molecule has 1 atom stereocenters. The average molecular weight is 294 g/mol. The number of benzene rings is 1. The number of methoxy groups -OCH3 is 2. The van der Waals surface area contributed by atoms with Crippen molar-refractivity contribution in [2.24, 2.45) is 5.73 Å². The zero-order chi connectivity index (χ0) is 14.5. The third-order valence-electron chi connectivity index (χ3n) is 2.84. The van der Waals surface area contributed by atoms with Crippen LogP contribution in [0.4, 0.5) is 0 Å². The Morgan fingerprint density at radius 2 is 2.10 bits per heavy atom. The van der Waals surface area contributed by atoms with Crippen LogP contribution >= 0.6 is 11.6 Å². The molecule has 0 bridgehead atoms. The number of nitrogens with two attached hydrogens (primary N) is 1. The van der Waals surface area contributed by atoms with Gasteiger partial charge in [0.05, 0.1) is 26.5 Å². The molecule has 0 spiro atoms. The molecule has 1 aromatic heterocycles. The van der Waals surface area contributed by atoms with Gasteiger partial charge in [0, 0.05) is 5.02 Å². The monoisotopic (exact) mass is 293 g/mol. The van der Waals surface area contributed by atoms with Crippen molar-refractivity contribution < 1.29 is 9.47 Å². The van der Waals surface area contributed by atoms with E-state index in [0.29, 0.717) is 28.9 Å². The summed E-state index contributed by atoms with van der Waals surface area (Å²) in [4.78, 5) is 8.45. The lowest BCUT2D eigenvalue weighted by molar-refractivity contribution is 0.353. The Hall–Kier alpha value is -1.85. The van der Waals surface area contributed by atoms with Crippen LogP contribution in [0.1, 0.15) is 17.3 Å². The molecule has 2 rings (SSSR count). The lowest BCUT2D eigenvalue weighted by Gasteiger charge is -2.14. The first-order valence-electron chi connectivity index (χ1n) is 6.09. The second-order valence-electron chi connectivity index (χ2n) is 4.25. The molecule has 20 heavy (non-hydrogen) atoms. The van der Waals surface area contributed by atoms with Gasteiger partial charge in [0.2, 0.25) is 11.8 Å². The van der Waals surface area contributed by atoms with Crippen LogP contribution in [-0.2, 0) is 6.42 Å². The average Bonchev–Trinajstić information content (AvgIpc) is 2.46. The zero-order valence-electron chi connectivity index (χ0n) is 11.3. The fraction of sp³-hybridized carbons (Fsp3) is 0.286. The largest absolute Gasteiger partial charge is 0.480 e. The van der Waals surface area contributed by atoms with Crippen molar-refractivity contribution >= 4 is 11.6 Å². The van der Waals surface area contributed by atoms with Gasteiger partial charge in [-0.05, 0) is 24.1 Å². The van der Waals surface area contributed by atoms with Crippen molar-refractivity contribution in [3.05, 3.63) is 46.7 Å². The first-order valence-corrected chi connectivity index (χ1v) is 6.46. The molecule has 0 aliphatic heterocycles. The molecule has 0 saturated heterocycles. The van der Waals surface area contributed by atoms with Crippen LogP contribution in [0.15, 0.2) is 30.5 Å². The van der Waals surface area contributed by atoms with Gasteiger partial charge in [-0.15, -0.1) is 0 Å². The number of aromatic nitrogens is 2. The van der Waals surface area contributed by atoms with Gasteiger partial charge < -0.3 is 15.2 Å². The topological polar surface area (TPSA) is 70.3 Å². The number of hydrogen-bond acceptors (Lipinski definition) is 5. The predicted molar refractivity (Wildman–Crippen MR) is 77.2 cm³/mol. The molecule has 0 aliphatic rings. The van der Waals surface area contributed by atoms with E-state index in [9.17, 15) is 0 Å². The molecule has 0 saturated carbocycles. The van der Waals surface area contributed by atoms with E-state index >= 15 is 0 Å². The van der Waals surface area contributed by atoms with Crippen LogP contribution in [0.5, 0.6) is 11.8 Å². The Labute approximate surface area is 122 Å². The highest BCUT2D eigenvalue weighted by Crippen LogP contribution is 2.24. The minimum atomic E-state index is -0.332. The second-order valence-corrected chi connectivity index (χ2v) is 4.68. The minimum Gasteiger partial charge on any atom is -0.480 e. The maximum Gasteiger partial charge on any atom is 0.240 e. The normalized spacial score (nSPS) is 12.0. The molecule has 6 heteroatoms. The molecule has 1 unspecified atom stereocenters. The van der Waals surface area contributed by atoms with E-state index in [0.717, 1.165) is 5.56 Å². The van der Waals surface area contributed by atoms with Gasteiger partial charge in [0.15, 0.2) is 0 Å². The molecule has 0 fully saturated rings. The Balaban J connectivity index is 2.22. The van der Waals surface area contributed by atoms with Gasteiger partial charge in [-0.3, -0.25) is 0 Å². The Morgan fingerprint density at radius 3 is 2.75 bits per heavy atom. The molecule has 0 amide bonds. The quantitative estimate of drug-likeness (QED) is 0.916. The molecular weight excluding hydrogens is 278 g/mol. The molecular formula is C14H16ClN3O2. The number of hydrogen-bond donors (Lipinski definition) is 1. The van der Waals surface area contributed by atoms with E-state index in [2.05, 4.69) is 9.97 Å². The third-order valence-corrected chi connectivity index (χ3v) is 3.08. The van der Waals surface area contributed by atoms with Crippen molar-refractivity contribution in [2.45, 2.75) is 12.5 Å². The lowest BCUT2D eigenvalue weighted by Crippen LogP contribution is -2.17. The summed E-state index contributed by atoms with van der Waals surface area (Å²) in [6, 6.07) is 7.23. The predicted octanol–water partition coefficient (Wildman–Crippen LogP) is 2.39. The maximum absolute atomic E-state index is 6.18. The van der Waals surface area contributed by atoms with E-state index in [1.807, 2.05) is 24.3 Å². The maximum atomic E-state index is 6.18. The van der Waals surface area contributed by atoms with Gasteiger partial charge in [-0.2, -0.15) is 4.98 Å². The zero-order valence-corrected chi connectivity index (χ0v) is 12.1. The van der Waals surface area contributed by atoms with E-state index in [1.165, 1.54) is 20.4 Å². The SMILES string of the molecule is COc1cnc(C(N)Cc2cccc(Cl)c2)c(OC)n1. The highest BCUT2D eigenvalue weighted by Gasteiger charge is 2.17. The fourth-order valence-electron chi connectivity index (χ4n) is 1.88. The van der Waals surface area contributed by atoms with Crippen molar-refractivity contribution in [3.8, 4) is 11.8 Å². The Morgan fingerprint density at radius 1 is 1.30 bits per heavy atom. The highest BCUT2D eigenvalue weighted by atomic mass is 35.5. The lowest BCUT2D eigenvalue weighted by atomic mass is 10.0. The standard InChI is InChI=1S/C14H16ClN3O2/c1-19-12-8-17-13(14(18-12)20-2)11(16)7-9-4-3-5-10(15)6-9/h3-6,8,11H,7,16H2,1-2H3. The van der Waals surface area contributed by atoms with Gasteiger partial charge in [0.25, 0.3) is 0 Å². The van der Waals surface area contributed by atoms with Gasteiger partial charge in [-0.25, -0.2) is 4.98 Å². The van der Waals surface area contributed by atoms with Crippen molar-refractivity contribution in [1.82, 2.24) is 9.97 Å². The highest BCUT2D eigenvalue weighted by molar-refractivity contribution is 6.30. The van der Waals surface area contributed by atoms with E-state index in [-0.39, 0.29) is 6.04 Å². The summed E-state index contributed by atoms with van der Waals surface area (Å²) < 4.78 is 10.2. The van der Waals surface area contributed by atoms with E-state index in [1.54, 1.807) is 0 Å². The van der Waals surface area contributed by atoms with E-state index in [4.69, 9.17) is 26.8 Å². The van der Waals surface area contributed by atoms with Crippen LogP contribution in [0.25, 0.3) is 0 Å². The van der Waals surface area contributed by atoms with Crippen LogP contribution in [0.3, 0.4) is 0 Å². The number of ether oxygens (including phenoxy) is 2. The summed E-state index contributed by atoms with van der Waals surface area (Å²) >= 11 is 5.96. The van der Waals surface area contributed by atoms with Crippen molar-refractivity contribution in [3.63, 3.8) is 0 Å². The van der Waals surface area contributed by atoms with Crippen molar-refractivity contribution in [1.29, 1.82) is 0 Å². The van der Waals surface area contributed by atoms with Crippen LogP contribution in [0.2, 0.25) is 5.02 Å². The minimum absolute atomic E-state index is 0.332. The summed E-state index contributed by atoms with van der Waals surface area (Å²) in [5.41, 5.74) is 7.80. The molecule has 2 aromatic rings. The molecule has 1 heterocycles. The molecule has 2 N–H and O–H groups in total. The number of nitrogens with zero attached hydrogens (tertiary/aromatic N) is 2. The smallest absolute Gasteiger partial charge is 0.240 e. The summed E-state index contributed by atoms with van der Waals surface area (Å²) in [5.74, 6) is 0.763. The Kier molecular flexibility index (Phi) is 4.76. The van der Waals surface area contributed by atoms with Gasteiger partial charge in [-0.1, -0.05) is 23.7 Å². The number of halogens is 1. The van der Waals surface area contributed by atoms with Gasteiger partial charge in [0.1, 0.15) is 5.69 Å². The van der Waals surface area contributed by atoms with Crippen LogP contribution in [0, 0.1) is 0 Å². The summed E-state index contributed by atoms with van der Waals surface area (Å²) in [7, 11) is 3.05. The van der Waals surface area contributed by atoms with E-state index < -0.39 is 0 Å². The first-order chi connectivity index (χ1) is 9.63. The number of rotatable bonds is 5. The molecule has 0 radical (unpaired) electrons. The van der Waals surface area contributed by atoms with Crippen LogP contribution < -0.4 is 15.2 Å². The summed E-state index contributed by atoms with van der Waals surface area (Å²) in [6.07, 6.45) is 2.12.